The minimum absolute atomic E-state index is 0.0794. The van der Waals surface area contributed by atoms with E-state index in [0.717, 1.165) is 77.0 Å². The van der Waals surface area contributed by atoms with Gasteiger partial charge in [-0.3, -0.25) is 0 Å². The standard InChI is InChI=1S/3C18H26O4S.CH3.Sn/c3*1-14(2)8-4-3-7-11-21-17(19)15-9-5-6-10-16(15)18(20)22-12-13-23;;/h3*5-6,9-10,14,23H,3-4,7-8,11-13H2,1-2H3;1H3;/q;;;;+3/p-3. The average molecular weight is 1150 g/mol. The molecular formula is C55H78O12S3Sn. The number of hydrogen-bond acceptors (Lipinski definition) is 15. The molecule has 16 heteroatoms. The van der Waals surface area contributed by atoms with Gasteiger partial charge in [-0.15, -0.1) is 0 Å². The molecule has 0 N–H and O–H groups in total. The van der Waals surface area contributed by atoms with Crippen LogP contribution in [0.5, 0.6) is 0 Å². The molecule has 0 heterocycles. The minimum Gasteiger partial charge on any atom is -0.0628 e. The minimum atomic E-state index is -3.36. The van der Waals surface area contributed by atoms with Gasteiger partial charge in [0, 0.05) is 0 Å². The van der Waals surface area contributed by atoms with Crippen molar-refractivity contribution in [3.05, 3.63) is 106 Å². The van der Waals surface area contributed by atoms with Crippen LogP contribution in [0, 0.1) is 17.8 Å². The normalized spacial score (nSPS) is 11.4. The van der Waals surface area contributed by atoms with Crippen molar-refractivity contribution in [2.75, 3.05) is 56.9 Å². The SMILES string of the molecule is CC(C)CCCCCOC(=O)c1ccccc1C(=O)OCC[S][Sn]([CH3])([S]CCOC(=O)c1ccccc1C(=O)OCCCCCC(C)C)[S]CCOC(=O)c1ccccc1C(=O)OCCCCCC(C)C. The fourth-order valence-corrected chi connectivity index (χ4v) is 37.9. The van der Waals surface area contributed by atoms with Gasteiger partial charge in [-0.05, 0) is 17.8 Å². The summed E-state index contributed by atoms with van der Waals surface area (Å²) in [5.41, 5.74) is 0.890. The molecule has 0 amide bonds. The summed E-state index contributed by atoms with van der Waals surface area (Å²) < 4.78 is 33.6. The fraction of sp³-hybridized carbons (Fsp3) is 0.564. The van der Waals surface area contributed by atoms with Gasteiger partial charge in [-0.25, -0.2) is 0 Å². The summed E-state index contributed by atoms with van der Waals surface area (Å²) in [6.45, 7) is 14.2. The molecule has 3 aromatic carbocycles. The Morgan fingerprint density at radius 1 is 0.352 bits per heavy atom. The Morgan fingerprint density at radius 2 is 0.563 bits per heavy atom. The van der Waals surface area contributed by atoms with Crippen LogP contribution in [0.2, 0.25) is 4.94 Å². The molecule has 0 bridgehead atoms. The van der Waals surface area contributed by atoms with Gasteiger partial charge in [0.25, 0.3) is 0 Å². The second-order valence-electron chi connectivity index (χ2n) is 18.6. The van der Waals surface area contributed by atoms with Gasteiger partial charge in [0.1, 0.15) is 0 Å². The maximum atomic E-state index is 13.3. The van der Waals surface area contributed by atoms with Crippen LogP contribution in [0.15, 0.2) is 72.8 Å². The smallest absolute Gasteiger partial charge is 0.0628 e. The van der Waals surface area contributed by atoms with E-state index < -0.39 is 50.0 Å². The van der Waals surface area contributed by atoms with Crippen molar-refractivity contribution in [2.24, 2.45) is 17.8 Å². The van der Waals surface area contributed by atoms with Crippen LogP contribution in [0.1, 0.15) is 181 Å². The van der Waals surface area contributed by atoms with Crippen LogP contribution in [-0.2, 0) is 28.4 Å². The predicted molar refractivity (Wildman–Crippen MR) is 290 cm³/mol. The quantitative estimate of drug-likeness (QED) is 0.0234. The van der Waals surface area contributed by atoms with Crippen LogP contribution < -0.4 is 0 Å². The topological polar surface area (TPSA) is 158 Å². The number of hydrogen-bond donors (Lipinski definition) is 0. The van der Waals surface area contributed by atoms with Crippen LogP contribution in [0.3, 0.4) is 0 Å². The molecule has 12 nitrogen and oxygen atoms in total. The van der Waals surface area contributed by atoms with E-state index in [4.69, 9.17) is 28.4 Å². The van der Waals surface area contributed by atoms with Crippen molar-refractivity contribution in [1.82, 2.24) is 0 Å². The summed E-state index contributed by atoms with van der Waals surface area (Å²) in [4.78, 5) is 81.1. The number of benzene rings is 3. The van der Waals surface area contributed by atoms with E-state index in [9.17, 15) is 28.8 Å². The molecule has 0 unspecified atom stereocenters. The number of rotatable bonds is 36. The Kier molecular flexibility index (Phi) is 30.8. The Balaban J connectivity index is 1.60. The molecule has 0 atom stereocenters. The van der Waals surface area contributed by atoms with Crippen molar-refractivity contribution < 1.29 is 57.2 Å². The monoisotopic (exact) mass is 1150 g/mol. The third-order valence-corrected chi connectivity index (χ3v) is 46.7. The maximum absolute atomic E-state index is 13.3. The molecule has 0 radical (unpaired) electrons. The van der Waals surface area contributed by atoms with Gasteiger partial charge in [0.2, 0.25) is 0 Å². The van der Waals surface area contributed by atoms with Gasteiger partial charge in [-0.2, -0.15) is 0 Å². The molecule has 0 aromatic heterocycles. The molecular weight excluding hydrogens is 1070 g/mol. The molecule has 392 valence electrons. The summed E-state index contributed by atoms with van der Waals surface area (Å²) in [6.07, 6.45) is 11.7. The van der Waals surface area contributed by atoms with Crippen molar-refractivity contribution in [3.63, 3.8) is 0 Å². The predicted octanol–water partition coefficient (Wildman–Crippen LogP) is 13.4. The second kappa shape index (κ2) is 35.5. The van der Waals surface area contributed by atoms with Crippen LogP contribution >= 0.6 is 26.8 Å². The van der Waals surface area contributed by atoms with Gasteiger partial charge >= 0.3 is 341 Å². The molecule has 0 fully saturated rings. The summed E-state index contributed by atoms with van der Waals surface area (Å²) in [7, 11) is 5.11. The van der Waals surface area contributed by atoms with E-state index in [-0.39, 0.29) is 73.0 Å². The van der Waals surface area contributed by atoms with E-state index in [1.54, 1.807) is 99.6 Å². The molecule has 0 aliphatic rings. The van der Waals surface area contributed by atoms with Gasteiger partial charge in [-0.1, -0.05) is 80.1 Å². The van der Waals surface area contributed by atoms with Gasteiger partial charge < -0.3 is 0 Å². The average Bonchev–Trinajstić information content (AvgIpc) is 3.35. The van der Waals surface area contributed by atoms with E-state index in [2.05, 4.69) is 46.5 Å². The number of carbonyl (C=O) groups excluding carboxylic acids is 6. The fourth-order valence-electron chi connectivity index (χ4n) is 7.18. The molecule has 3 aromatic rings. The summed E-state index contributed by atoms with van der Waals surface area (Å²) in [6, 6.07) is 19.4. The molecule has 0 aliphatic heterocycles. The van der Waals surface area contributed by atoms with E-state index in [1.807, 2.05) is 0 Å². The number of esters is 6. The molecule has 71 heavy (non-hydrogen) atoms. The molecule has 0 spiro atoms. The molecule has 0 saturated heterocycles. The van der Waals surface area contributed by atoms with Crippen LogP contribution in [0.25, 0.3) is 0 Å². The van der Waals surface area contributed by atoms with Crippen molar-refractivity contribution in [3.8, 4) is 0 Å². The van der Waals surface area contributed by atoms with Crippen molar-refractivity contribution in [1.29, 1.82) is 0 Å². The first-order valence-corrected chi connectivity index (χ1v) is 41.6. The summed E-state index contributed by atoms with van der Waals surface area (Å²) >= 11 is -3.36. The summed E-state index contributed by atoms with van der Waals surface area (Å²) in [5.74, 6) is -0.304. The summed E-state index contributed by atoms with van der Waals surface area (Å²) in [5, 5.41) is 0. The van der Waals surface area contributed by atoms with E-state index in [1.165, 1.54) is 0 Å². The Hall–Kier alpha value is -3.67. The van der Waals surface area contributed by atoms with Crippen LogP contribution in [0.4, 0.5) is 0 Å². The number of ether oxygens (including phenoxy) is 6. The van der Waals surface area contributed by atoms with E-state index in [0.29, 0.717) is 35.0 Å². The zero-order valence-corrected chi connectivity index (χ0v) is 48.4. The van der Waals surface area contributed by atoms with Gasteiger partial charge in [0.15, 0.2) is 0 Å². The first kappa shape index (κ1) is 61.6. The zero-order chi connectivity index (χ0) is 51.9. The molecule has 3 rings (SSSR count). The number of carbonyl (C=O) groups is 6. The third kappa shape index (κ3) is 25.2. The zero-order valence-electron chi connectivity index (χ0n) is 43.1. The number of unbranched alkanes of at least 4 members (excludes halogenated alkanes) is 6. The second-order valence-corrected chi connectivity index (χ2v) is 54.7. The molecule has 0 saturated carbocycles. The first-order valence-electron chi connectivity index (χ1n) is 25.3. The molecule has 0 aliphatic carbocycles. The van der Waals surface area contributed by atoms with E-state index >= 15 is 0 Å². The third-order valence-electron chi connectivity index (χ3n) is 11.1. The van der Waals surface area contributed by atoms with Crippen LogP contribution in [-0.4, -0.2) is 107 Å². The Bertz CT molecular complexity index is 1860. The van der Waals surface area contributed by atoms with Crippen molar-refractivity contribution in [2.45, 2.75) is 124 Å². The van der Waals surface area contributed by atoms with Crippen molar-refractivity contribution >= 4 is 76.9 Å². The Morgan fingerprint density at radius 3 is 0.775 bits per heavy atom. The van der Waals surface area contributed by atoms with Gasteiger partial charge in [0.05, 0.1) is 0 Å². The Labute approximate surface area is 435 Å². The first-order chi connectivity index (χ1) is 34.1.